The molecule has 0 aromatic rings. The van der Waals surface area contributed by atoms with Crippen LogP contribution in [0.25, 0.3) is 10.4 Å². The molecule has 0 radical (unpaired) electrons. The normalized spacial score (nSPS) is 24.1. The molecule has 0 aromatic carbocycles. The summed E-state index contributed by atoms with van der Waals surface area (Å²) in [7, 11) is 1.21. The van der Waals surface area contributed by atoms with Crippen LogP contribution in [0.4, 0.5) is 0 Å². The maximum atomic E-state index is 11.6. The standard InChI is InChI=1S/C12H16N4O5/c1-6(17)14-11-9(15-16-13)4-8(12(19)20-3)5-10(11)21-7(2)18/h5,9-11H,4H2,1-3H3,(H,14,17)/t9-,10+,11+/m0/s1. The largest absolute Gasteiger partial charge is 0.466 e. The fraction of sp³-hybridized carbons (Fsp3) is 0.583. The summed E-state index contributed by atoms with van der Waals surface area (Å²) in [4.78, 5) is 36.8. The van der Waals surface area contributed by atoms with E-state index in [0.29, 0.717) is 0 Å². The second-order valence-electron chi connectivity index (χ2n) is 4.46. The number of esters is 2. The second-order valence-corrected chi connectivity index (χ2v) is 4.46. The Morgan fingerprint density at radius 3 is 2.57 bits per heavy atom. The lowest BCUT2D eigenvalue weighted by atomic mass is 9.88. The molecule has 1 amide bonds. The first-order chi connectivity index (χ1) is 9.88. The molecule has 0 aliphatic heterocycles. The van der Waals surface area contributed by atoms with Crippen molar-refractivity contribution >= 4 is 17.8 Å². The minimum atomic E-state index is -0.912. The Bertz CT molecular complexity index is 524. The number of hydrogen-bond acceptors (Lipinski definition) is 6. The fourth-order valence-electron chi connectivity index (χ4n) is 2.11. The first-order valence-electron chi connectivity index (χ1n) is 6.16. The van der Waals surface area contributed by atoms with Crippen molar-refractivity contribution in [1.29, 1.82) is 0 Å². The van der Waals surface area contributed by atoms with E-state index in [4.69, 9.17) is 10.3 Å². The molecule has 21 heavy (non-hydrogen) atoms. The van der Waals surface area contributed by atoms with Gasteiger partial charge in [0.15, 0.2) is 0 Å². The summed E-state index contributed by atoms with van der Waals surface area (Å²) in [5.41, 5.74) is 8.85. The average Bonchev–Trinajstić information content (AvgIpc) is 2.40. The van der Waals surface area contributed by atoms with E-state index in [1.165, 1.54) is 27.0 Å². The van der Waals surface area contributed by atoms with Crippen LogP contribution in [0, 0.1) is 0 Å². The number of nitrogens with zero attached hydrogens (tertiary/aromatic N) is 3. The average molecular weight is 296 g/mol. The molecular weight excluding hydrogens is 280 g/mol. The molecule has 1 aliphatic rings. The quantitative estimate of drug-likeness (QED) is 0.351. The van der Waals surface area contributed by atoms with Gasteiger partial charge in [0, 0.05) is 24.3 Å². The molecular formula is C12H16N4O5. The Labute approximate surface area is 120 Å². The zero-order chi connectivity index (χ0) is 16.0. The lowest BCUT2D eigenvalue weighted by Crippen LogP contribution is -2.52. The lowest BCUT2D eigenvalue weighted by molar-refractivity contribution is -0.147. The topological polar surface area (TPSA) is 130 Å². The minimum absolute atomic E-state index is 0.0828. The van der Waals surface area contributed by atoms with Gasteiger partial charge in [0.1, 0.15) is 6.10 Å². The smallest absolute Gasteiger partial charge is 0.333 e. The summed E-state index contributed by atoms with van der Waals surface area (Å²) >= 11 is 0. The molecule has 0 saturated heterocycles. The number of hydrogen-bond donors (Lipinski definition) is 1. The predicted octanol–water partition coefficient (Wildman–Crippen LogP) is 0.605. The van der Waals surface area contributed by atoms with Crippen LogP contribution in [-0.4, -0.2) is 43.1 Å². The van der Waals surface area contributed by atoms with E-state index >= 15 is 0 Å². The number of azide groups is 1. The molecule has 0 aromatic heterocycles. The number of amides is 1. The number of methoxy groups -OCH3 is 1. The van der Waals surface area contributed by atoms with Gasteiger partial charge >= 0.3 is 11.9 Å². The molecule has 9 heteroatoms. The van der Waals surface area contributed by atoms with Gasteiger partial charge in [-0.15, -0.1) is 0 Å². The van der Waals surface area contributed by atoms with E-state index in [-0.39, 0.29) is 17.9 Å². The molecule has 0 heterocycles. The fourth-order valence-corrected chi connectivity index (χ4v) is 2.11. The zero-order valence-electron chi connectivity index (χ0n) is 11.9. The summed E-state index contributed by atoms with van der Waals surface area (Å²) in [6.45, 7) is 2.49. The van der Waals surface area contributed by atoms with Crippen molar-refractivity contribution in [1.82, 2.24) is 5.32 Å². The first-order valence-corrected chi connectivity index (χ1v) is 6.16. The van der Waals surface area contributed by atoms with Gasteiger partial charge < -0.3 is 14.8 Å². The SMILES string of the molecule is COC(=O)C1=C[C@@H](OC(C)=O)[C@H](NC(C)=O)[C@@H](N=[N+]=[N-])C1. The predicted molar refractivity (Wildman–Crippen MR) is 70.8 cm³/mol. The summed E-state index contributed by atoms with van der Waals surface area (Å²) in [6.07, 6.45) is 0.571. The lowest BCUT2D eigenvalue weighted by Gasteiger charge is -2.33. The van der Waals surface area contributed by atoms with E-state index in [2.05, 4.69) is 20.1 Å². The third-order valence-corrected chi connectivity index (χ3v) is 2.88. The third-order valence-electron chi connectivity index (χ3n) is 2.88. The third kappa shape index (κ3) is 4.50. The van der Waals surface area contributed by atoms with E-state index in [0.717, 1.165) is 0 Å². The summed E-state index contributed by atoms with van der Waals surface area (Å²) < 4.78 is 9.70. The van der Waals surface area contributed by atoms with Crippen LogP contribution in [-0.2, 0) is 23.9 Å². The van der Waals surface area contributed by atoms with Gasteiger partial charge in [-0.25, -0.2) is 4.79 Å². The van der Waals surface area contributed by atoms with Crippen molar-refractivity contribution in [2.24, 2.45) is 5.11 Å². The summed E-state index contributed by atoms with van der Waals surface area (Å²) in [6, 6.07) is -1.50. The van der Waals surface area contributed by atoms with Crippen molar-refractivity contribution in [2.45, 2.75) is 38.5 Å². The van der Waals surface area contributed by atoms with Crippen LogP contribution < -0.4 is 5.32 Å². The van der Waals surface area contributed by atoms with Crippen molar-refractivity contribution in [3.8, 4) is 0 Å². The van der Waals surface area contributed by atoms with Crippen molar-refractivity contribution in [3.63, 3.8) is 0 Å². The molecule has 0 saturated carbocycles. The van der Waals surface area contributed by atoms with Crippen LogP contribution in [0.1, 0.15) is 20.3 Å². The van der Waals surface area contributed by atoms with E-state index < -0.39 is 30.1 Å². The molecule has 9 nitrogen and oxygen atoms in total. The Morgan fingerprint density at radius 1 is 1.43 bits per heavy atom. The van der Waals surface area contributed by atoms with Gasteiger partial charge in [0.05, 0.1) is 19.2 Å². The van der Waals surface area contributed by atoms with Gasteiger partial charge in [-0.3, -0.25) is 9.59 Å². The highest BCUT2D eigenvalue weighted by molar-refractivity contribution is 5.89. The van der Waals surface area contributed by atoms with Crippen LogP contribution in [0.2, 0.25) is 0 Å². The molecule has 0 unspecified atom stereocenters. The van der Waals surface area contributed by atoms with Crippen LogP contribution in [0.3, 0.4) is 0 Å². The van der Waals surface area contributed by atoms with Crippen LogP contribution in [0.5, 0.6) is 0 Å². The highest BCUT2D eigenvalue weighted by Crippen LogP contribution is 2.25. The first kappa shape index (κ1) is 16.5. The molecule has 0 fully saturated rings. The van der Waals surface area contributed by atoms with Gasteiger partial charge in [0.25, 0.3) is 0 Å². The highest BCUT2D eigenvalue weighted by Gasteiger charge is 2.37. The van der Waals surface area contributed by atoms with Crippen molar-refractivity contribution < 1.29 is 23.9 Å². The monoisotopic (exact) mass is 296 g/mol. The number of carbonyl (C=O) groups is 3. The number of carbonyl (C=O) groups excluding carboxylic acids is 3. The minimum Gasteiger partial charge on any atom is -0.466 e. The number of rotatable bonds is 4. The maximum absolute atomic E-state index is 11.6. The number of nitrogens with one attached hydrogen (secondary N) is 1. The van der Waals surface area contributed by atoms with Crippen LogP contribution >= 0.6 is 0 Å². The maximum Gasteiger partial charge on any atom is 0.333 e. The molecule has 0 bridgehead atoms. The molecule has 114 valence electrons. The van der Waals surface area contributed by atoms with E-state index in [1.54, 1.807) is 0 Å². The molecule has 1 rings (SSSR count). The Balaban J connectivity index is 3.17. The summed E-state index contributed by atoms with van der Waals surface area (Å²) in [5.74, 6) is -1.56. The zero-order valence-corrected chi connectivity index (χ0v) is 11.9. The van der Waals surface area contributed by atoms with Crippen LogP contribution in [0.15, 0.2) is 16.8 Å². The molecule has 0 spiro atoms. The number of ether oxygens (including phenoxy) is 2. The Morgan fingerprint density at radius 2 is 2.10 bits per heavy atom. The Hall–Kier alpha value is -2.54. The van der Waals surface area contributed by atoms with Gasteiger partial charge in [-0.05, 0) is 18.0 Å². The molecule has 1 aliphatic carbocycles. The van der Waals surface area contributed by atoms with E-state index in [1.807, 2.05) is 0 Å². The molecule has 1 N–H and O–H groups in total. The van der Waals surface area contributed by atoms with Crippen molar-refractivity contribution in [2.75, 3.05) is 7.11 Å². The molecule has 3 atom stereocenters. The Kier molecular flexibility index (Phi) is 5.74. The summed E-state index contributed by atoms with van der Waals surface area (Å²) in [5, 5.41) is 6.14. The van der Waals surface area contributed by atoms with Gasteiger partial charge in [-0.2, -0.15) is 0 Å². The highest BCUT2D eigenvalue weighted by atomic mass is 16.5. The van der Waals surface area contributed by atoms with Gasteiger partial charge in [-0.1, -0.05) is 5.11 Å². The second kappa shape index (κ2) is 7.30. The van der Waals surface area contributed by atoms with Crippen molar-refractivity contribution in [3.05, 3.63) is 22.1 Å². The van der Waals surface area contributed by atoms with E-state index in [9.17, 15) is 14.4 Å². The van der Waals surface area contributed by atoms with Gasteiger partial charge in [0.2, 0.25) is 5.91 Å².